The molecule has 0 spiro atoms. The summed E-state index contributed by atoms with van der Waals surface area (Å²) in [4.78, 5) is 32.8. The van der Waals surface area contributed by atoms with Crippen molar-refractivity contribution in [2.45, 2.75) is 38.8 Å². The van der Waals surface area contributed by atoms with Crippen LogP contribution in [0.3, 0.4) is 0 Å². The summed E-state index contributed by atoms with van der Waals surface area (Å²) in [5.74, 6) is -0.852. The fourth-order valence-corrected chi connectivity index (χ4v) is 1.67. The number of nitro groups is 1. The summed E-state index contributed by atoms with van der Waals surface area (Å²) in [6.07, 6.45) is -0.823. The zero-order valence-electron chi connectivity index (χ0n) is 13.6. The third-order valence-electron chi connectivity index (χ3n) is 2.71. The van der Waals surface area contributed by atoms with E-state index in [1.807, 2.05) is 0 Å². The van der Waals surface area contributed by atoms with Crippen molar-refractivity contribution < 1.29 is 29.1 Å². The SMILES string of the molecule is CC(C)(C)OC(=O)NC(CCOc1ccc([N+](=O)[O-])cc1)C(=O)O. The number of carbonyl (C=O) groups is 2. The van der Waals surface area contributed by atoms with Crippen molar-refractivity contribution >= 4 is 17.7 Å². The van der Waals surface area contributed by atoms with Crippen LogP contribution in [0.15, 0.2) is 24.3 Å². The number of nitrogens with zero attached hydrogens (tertiary/aromatic N) is 1. The first-order chi connectivity index (χ1) is 11.1. The molecular formula is C15H20N2O7. The van der Waals surface area contributed by atoms with Crippen molar-refractivity contribution in [3.63, 3.8) is 0 Å². The van der Waals surface area contributed by atoms with E-state index in [1.54, 1.807) is 20.8 Å². The van der Waals surface area contributed by atoms with Gasteiger partial charge in [-0.3, -0.25) is 10.1 Å². The second kappa shape index (κ2) is 8.14. The summed E-state index contributed by atoms with van der Waals surface area (Å²) in [6.45, 7) is 5.00. The lowest BCUT2D eigenvalue weighted by Gasteiger charge is -2.22. The Kier molecular flexibility index (Phi) is 6.51. The summed E-state index contributed by atoms with van der Waals surface area (Å²) >= 11 is 0. The standard InChI is InChI=1S/C15H20N2O7/c1-15(2,3)24-14(20)16-12(13(18)19)8-9-23-11-6-4-10(5-7-11)17(21)22/h4-7,12H,8-9H2,1-3H3,(H,16,20)(H,18,19). The van der Waals surface area contributed by atoms with E-state index >= 15 is 0 Å². The van der Waals surface area contributed by atoms with E-state index < -0.39 is 28.6 Å². The van der Waals surface area contributed by atoms with E-state index in [-0.39, 0.29) is 18.7 Å². The number of hydrogen-bond donors (Lipinski definition) is 2. The maximum atomic E-state index is 11.6. The molecule has 9 heteroatoms. The van der Waals surface area contributed by atoms with Crippen molar-refractivity contribution in [3.05, 3.63) is 34.4 Å². The van der Waals surface area contributed by atoms with Crippen molar-refractivity contribution in [2.24, 2.45) is 0 Å². The molecule has 0 aliphatic carbocycles. The van der Waals surface area contributed by atoms with E-state index in [9.17, 15) is 19.7 Å². The fourth-order valence-electron chi connectivity index (χ4n) is 1.67. The molecule has 0 heterocycles. The molecule has 1 amide bonds. The molecule has 0 saturated heterocycles. The average molecular weight is 340 g/mol. The number of alkyl carbamates (subject to hydrolysis) is 1. The molecule has 0 aliphatic heterocycles. The van der Waals surface area contributed by atoms with Crippen LogP contribution in [-0.4, -0.2) is 40.3 Å². The van der Waals surface area contributed by atoms with Gasteiger partial charge in [-0.25, -0.2) is 9.59 Å². The molecule has 1 aromatic rings. The number of benzene rings is 1. The summed E-state index contributed by atoms with van der Waals surface area (Å²) in [5, 5.41) is 21.9. The highest BCUT2D eigenvalue weighted by atomic mass is 16.6. The molecule has 1 rings (SSSR count). The molecule has 0 radical (unpaired) electrons. The Morgan fingerprint density at radius 1 is 1.29 bits per heavy atom. The van der Waals surface area contributed by atoms with Crippen LogP contribution in [-0.2, 0) is 9.53 Å². The summed E-state index contributed by atoms with van der Waals surface area (Å²) < 4.78 is 10.3. The number of aliphatic carboxylic acids is 1. The first kappa shape index (κ1) is 19.2. The van der Waals surface area contributed by atoms with Crippen LogP contribution in [0.25, 0.3) is 0 Å². The van der Waals surface area contributed by atoms with Gasteiger partial charge in [-0.15, -0.1) is 0 Å². The van der Waals surface area contributed by atoms with Gasteiger partial charge in [-0.1, -0.05) is 0 Å². The number of non-ortho nitro benzene ring substituents is 1. The number of carboxylic acids is 1. The molecule has 0 fully saturated rings. The Morgan fingerprint density at radius 3 is 2.33 bits per heavy atom. The van der Waals surface area contributed by atoms with Crippen LogP contribution in [0.1, 0.15) is 27.2 Å². The van der Waals surface area contributed by atoms with Gasteiger partial charge < -0.3 is 19.9 Å². The second-order valence-corrected chi connectivity index (χ2v) is 5.93. The van der Waals surface area contributed by atoms with Crippen molar-refractivity contribution in [1.82, 2.24) is 5.32 Å². The molecule has 1 aromatic carbocycles. The minimum atomic E-state index is -1.21. The van der Waals surface area contributed by atoms with Crippen molar-refractivity contribution in [2.75, 3.05) is 6.61 Å². The topological polar surface area (TPSA) is 128 Å². The minimum Gasteiger partial charge on any atom is -0.493 e. The molecule has 9 nitrogen and oxygen atoms in total. The lowest BCUT2D eigenvalue weighted by Crippen LogP contribution is -2.44. The summed E-state index contributed by atoms with van der Waals surface area (Å²) in [5.41, 5.74) is -0.806. The van der Waals surface area contributed by atoms with Crippen LogP contribution in [0.2, 0.25) is 0 Å². The largest absolute Gasteiger partial charge is 0.493 e. The molecule has 1 unspecified atom stereocenters. The van der Waals surface area contributed by atoms with E-state index in [4.69, 9.17) is 14.6 Å². The third-order valence-corrected chi connectivity index (χ3v) is 2.71. The Hall–Kier alpha value is -2.84. The fraction of sp³-hybridized carbons (Fsp3) is 0.467. The number of carboxylic acid groups (broad SMARTS) is 1. The number of amides is 1. The van der Waals surface area contributed by atoms with Crippen molar-refractivity contribution in [3.8, 4) is 5.75 Å². The molecular weight excluding hydrogens is 320 g/mol. The zero-order valence-corrected chi connectivity index (χ0v) is 13.6. The third kappa shape index (κ3) is 6.95. The lowest BCUT2D eigenvalue weighted by atomic mass is 10.2. The van der Waals surface area contributed by atoms with Crippen LogP contribution in [0, 0.1) is 10.1 Å². The number of rotatable bonds is 7. The van der Waals surface area contributed by atoms with Gasteiger partial charge in [0.2, 0.25) is 0 Å². The van der Waals surface area contributed by atoms with Gasteiger partial charge in [0.25, 0.3) is 5.69 Å². The van der Waals surface area contributed by atoms with Crippen LogP contribution < -0.4 is 10.1 Å². The van der Waals surface area contributed by atoms with E-state index in [2.05, 4.69) is 5.32 Å². The molecule has 0 bridgehead atoms. The van der Waals surface area contributed by atoms with Gasteiger partial charge in [-0.05, 0) is 32.9 Å². The van der Waals surface area contributed by atoms with Crippen LogP contribution >= 0.6 is 0 Å². The highest BCUT2D eigenvalue weighted by molar-refractivity contribution is 5.79. The monoisotopic (exact) mass is 340 g/mol. The van der Waals surface area contributed by atoms with E-state index in [1.165, 1.54) is 24.3 Å². The first-order valence-corrected chi connectivity index (χ1v) is 7.18. The quantitative estimate of drug-likeness (QED) is 0.576. The molecule has 24 heavy (non-hydrogen) atoms. The number of nitro benzene ring substituents is 1. The Morgan fingerprint density at radius 2 is 1.88 bits per heavy atom. The zero-order chi connectivity index (χ0) is 18.3. The molecule has 1 atom stereocenters. The highest BCUT2D eigenvalue weighted by Gasteiger charge is 2.23. The number of nitrogens with one attached hydrogen (secondary N) is 1. The predicted molar refractivity (Wildman–Crippen MR) is 84.0 cm³/mol. The van der Waals surface area contributed by atoms with Gasteiger partial charge in [0.1, 0.15) is 17.4 Å². The number of ether oxygens (including phenoxy) is 2. The van der Waals surface area contributed by atoms with Gasteiger partial charge in [0.15, 0.2) is 0 Å². The molecule has 0 aliphatic rings. The van der Waals surface area contributed by atoms with Gasteiger partial charge >= 0.3 is 12.1 Å². The number of hydrogen-bond acceptors (Lipinski definition) is 6. The Balaban J connectivity index is 2.50. The van der Waals surface area contributed by atoms with Gasteiger partial charge in [0, 0.05) is 18.6 Å². The first-order valence-electron chi connectivity index (χ1n) is 7.18. The Bertz CT molecular complexity index is 593. The maximum absolute atomic E-state index is 11.6. The lowest BCUT2D eigenvalue weighted by molar-refractivity contribution is -0.384. The van der Waals surface area contributed by atoms with Crippen molar-refractivity contribution in [1.29, 1.82) is 0 Å². The summed E-state index contributed by atoms with van der Waals surface area (Å²) in [7, 11) is 0. The summed E-state index contributed by atoms with van der Waals surface area (Å²) in [6, 6.07) is 4.22. The van der Waals surface area contributed by atoms with E-state index in [0.717, 1.165) is 0 Å². The van der Waals surface area contributed by atoms with E-state index in [0.29, 0.717) is 5.75 Å². The maximum Gasteiger partial charge on any atom is 0.408 e. The van der Waals surface area contributed by atoms with Gasteiger partial charge in [-0.2, -0.15) is 0 Å². The molecule has 0 saturated carbocycles. The predicted octanol–water partition coefficient (Wildman–Crippen LogP) is 2.34. The highest BCUT2D eigenvalue weighted by Crippen LogP contribution is 2.17. The van der Waals surface area contributed by atoms with Crippen LogP contribution in [0.5, 0.6) is 5.75 Å². The molecule has 132 valence electrons. The number of carbonyl (C=O) groups excluding carboxylic acids is 1. The molecule has 2 N–H and O–H groups in total. The van der Waals surface area contributed by atoms with Crippen LogP contribution in [0.4, 0.5) is 10.5 Å². The average Bonchev–Trinajstić information content (AvgIpc) is 2.44. The smallest absolute Gasteiger partial charge is 0.408 e. The second-order valence-electron chi connectivity index (χ2n) is 5.93. The normalized spacial score (nSPS) is 12.1. The Labute approximate surface area is 138 Å². The van der Waals surface area contributed by atoms with Gasteiger partial charge in [0.05, 0.1) is 11.5 Å². The molecule has 0 aromatic heterocycles. The minimum absolute atomic E-state index is 0.00454.